The van der Waals surface area contributed by atoms with Gasteiger partial charge in [-0.15, -0.1) is 0 Å². The maximum absolute atomic E-state index is 12.0. The predicted octanol–water partition coefficient (Wildman–Crippen LogP) is 3.20. The van der Waals surface area contributed by atoms with Crippen molar-refractivity contribution < 1.29 is 4.79 Å². The molecular formula is C16H22N2O. The van der Waals surface area contributed by atoms with E-state index >= 15 is 0 Å². The van der Waals surface area contributed by atoms with Crippen molar-refractivity contribution in [2.24, 2.45) is 0 Å². The Morgan fingerprint density at radius 2 is 2.21 bits per heavy atom. The van der Waals surface area contributed by atoms with Crippen LogP contribution in [0.2, 0.25) is 0 Å². The lowest BCUT2D eigenvalue weighted by Gasteiger charge is -2.13. The van der Waals surface area contributed by atoms with Gasteiger partial charge in [-0.1, -0.05) is 23.3 Å². The Labute approximate surface area is 114 Å². The molecule has 0 bridgehead atoms. The Morgan fingerprint density at radius 3 is 2.95 bits per heavy atom. The van der Waals surface area contributed by atoms with Crippen LogP contribution in [0, 0.1) is 6.92 Å². The Balaban J connectivity index is 1.87. The Kier molecular flexibility index (Phi) is 4.61. The van der Waals surface area contributed by atoms with Gasteiger partial charge in [-0.3, -0.25) is 4.79 Å². The molecule has 0 atom stereocenters. The molecule has 0 fully saturated rings. The number of benzene rings is 1. The fourth-order valence-electron chi connectivity index (χ4n) is 2.43. The lowest BCUT2D eigenvalue weighted by atomic mass is 9.97. The molecule has 19 heavy (non-hydrogen) atoms. The summed E-state index contributed by atoms with van der Waals surface area (Å²) in [5.41, 5.74) is 9.48. The third-order valence-electron chi connectivity index (χ3n) is 3.57. The molecule has 0 heterocycles. The number of anilines is 1. The average Bonchev–Trinajstić information content (AvgIpc) is 2.42. The minimum absolute atomic E-state index is 0.0717. The third kappa shape index (κ3) is 3.85. The van der Waals surface area contributed by atoms with Crippen LogP contribution in [0.25, 0.3) is 0 Å². The maximum atomic E-state index is 12.0. The lowest BCUT2D eigenvalue weighted by molar-refractivity contribution is 0.0955. The van der Waals surface area contributed by atoms with E-state index in [-0.39, 0.29) is 5.91 Å². The Morgan fingerprint density at radius 1 is 1.37 bits per heavy atom. The van der Waals surface area contributed by atoms with Crippen molar-refractivity contribution in [3.05, 3.63) is 41.0 Å². The monoisotopic (exact) mass is 258 g/mol. The predicted molar refractivity (Wildman–Crippen MR) is 79.1 cm³/mol. The highest BCUT2D eigenvalue weighted by atomic mass is 16.1. The van der Waals surface area contributed by atoms with Gasteiger partial charge in [0.25, 0.3) is 5.91 Å². The standard InChI is InChI=1S/C16H22N2O/c1-12-7-8-15(17)14(11-12)16(19)18-10-9-13-5-3-2-4-6-13/h5,7-8,11H,2-4,6,9-10,17H2,1H3,(H,18,19). The van der Waals surface area contributed by atoms with Gasteiger partial charge in [0, 0.05) is 12.2 Å². The van der Waals surface area contributed by atoms with Gasteiger partial charge in [0.1, 0.15) is 0 Å². The van der Waals surface area contributed by atoms with E-state index < -0.39 is 0 Å². The first kappa shape index (κ1) is 13.7. The topological polar surface area (TPSA) is 55.1 Å². The second kappa shape index (κ2) is 6.41. The van der Waals surface area contributed by atoms with Gasteiger partial charge in [0.05, 0.1) is 5.56 Å². The molecule has 1 amide bonds. The quantitative estimate of drug-likeness (QED) is 0.643. The van der Waals surface area contributed by atoms with E-state index in [1.165, 1.54) is 31.3 Å². The first-order chi connectivity index (χ1) is 9.16. The number of nitrogen functional groups attached to an aromatic ring is 1. The fourth-order valence-corrected chi connectivity index (χ4v) is 2.43. The summed E-state index contributed by atoms with van der Waals surface area (Å²) in [6.07, 6.45) is 8.23. The van der Waals surface area contributed by atoms with Crippen LogP contribution in [0.3, 0.4) is 0 Å². The molecule has 0 saturated heterocycles. The molecule has 3 nitrogen and oxygen atoms in total. The summed E-state index contributed by atoms with van der Waals surface area (Å²) in [4.78, 5) is 12.0. The van der Waals surface area contributed by atoms with Crippen molar-refractivity contribution in [2.75, 3.05) is 12.3 Å². The van der Waals surface area contributed by atoms with Crippen molar-refractivity contribution in [1.82, 2.24) is 5.32 Å². The molecule has 1 aromatic carbocycles. The number of allylic oxidation sites excluding steroid dienone is 1. The van der Waals surface area contributed by atoms with E-state index in [0.717, 1.165) is 12.0 Å². The lowest BCUT2D eigenvalue weighted by Crippen LogP contribution is -2.25. The van der Waals surface area contributed by atoms with Crippen LogP contribution in [-0.2, 0) is 0 Å². The number of carbonyl (C=O) groups is 1. The molecule has 3 heteroatoms. The summed E-state index contributed by atoms with van der Waals surface area (Å²) in [5.74, 6) is -0.0717. The van der Waals surface area contributed by atoms with E-state index in [0.29, 0.717) is 17.8 Å². The molecule has 1 aliphatic rings. The van der Waals surface area contributed by atoms with Gasteiger partial charge in [-0.05, 0) is 51.2 Å². The van der Waals surface area contributed by atoms with Crippen molar-refractivity contribution in [3.8, 4) is 0 Å². The van der Waals surface area contributed by atoms with Crippen molar-refractivity contribution in [3.63, 3.8) is 0 Å². The number of hydrogen-bond donors (Lipinski definition) is 2. The number of nitrogens with one attached hydrogen (secondary N) is 1. The van der Waals surface area contributed by atoms with Crippen molar-refractivity contribution >= 4 is 11.6 Å². The second-order valence-electron chi connectivity index (χ2n) is 5.20. The molecule has 0 unspecified atom stereocenters. The largest absolute Gasteiger partial charge is 0.398 e. The summed E-state index contributed by atoms with van der Waals surface area (Å²) in [6.45, 7) is 2.65. The van der Waals surface area contributed by atoms with E-state index in [4.69, 9.17) is 5.73 Å². The van der Waals surface area contributed by atoms with Crippen LogP contribution >= 0.6 is 0 Å². The number of carbonyl (C=O) groups excluding carboxylic acids is 1. The Hall–Kier alpha value is -1.77. The molecule has 102 valence electrons. The summed E-state index contributed by atoms with van der Waals surface area (Å²) in [7, 11) is 0. The first-order valence-electron chi connectivity index (χ1n) is 6.99. The number of aryl methyl sites for hydroxylation is 1. The molecule has 0 radical (unpaired) electrons. The number of rotatable bonds is 4. The third-order valence-corrected chi connectivity index (χ3v) is 3.57. The summed E-state index contributed by atoms with van der Waals surface area (Å²) < 4.78 is 0. The Bertz CT molecular complexity index is 492. The van der Waals surface area contributed by atoms with E-state index in [1.807, 2.05) is 19.1 Å². The van der Waals surface area contributed by atoms with E-state index in [1.54, 1.807) is 6.07 Å². The van der Waals surface area contributed by atoms with Crippen LogP contribution in [0.4, 0.5) is 5.69 Å². The SMILES string of the molecule is Cc1ccc(N)c(C(=O)NCCC2=CCCCC2)c1. The number of amides is 1. The summed E-state index contributed by atoms with van der Waals surface area (Å²) >= 11 is 0. The van der Waals surface area contributed by atoms with Crippen LogP contribution in [0.1, 0.15) is 48.0 Å². The van der Waals surface area contributed by atoms with Gasteiger partial charge in [-0.2, -0.15) is 0 Å². The minimum atomic E-state index is -0.0717. The highest BCUT2D eigenvalue weighted by Crippen LogP contribution is 2.19. The van der Waals surface area contributed by atoms with Gasteiger partial charge in [0.15, 0.2) is 0 Å². The smallest absolute Gasteiger partial charge is 0.253 e. The zero-order chi connectivity index (χ0) is 13.7. The fraction of sp³-hybridized carbons (Fsp3) is 0.438. The molecule has 0 saturated carbocycles. The molecule has 2 rings (SSSR count). The molecular weight excluding hydrogens is 236 g/mol. The van der Waals surface area contributed by atoms with E-state index in [2.05, 4.69) is 11.4 Å². The number of hydrogen-bond acceptors (Lipinski definition) is 2. The second-order valence-corrected chi connectivity index (χ2v) is 5.20. The molecule has 0 aromatic heterocycles. The zero-order valence-electron chi connectivity index (χ0n) is 11.5. The average molecular weight is 258 g/mol. The molecule has 0 spiro atoms. The van der Waals surface area contributed by atoms with Crippen LogP contribution in [0.5, 0.6) is 0 Å². The van der Waals surface area contributed by atoms with Crippen LogP contribution < -0.4 is 11.1 Å². The maximum Gasteiger partial charge on any atom is 0.253 e. The normalized spacial score (nSPS) is 14.9. The van der Waals surface area contributed by atoms with Gasteiger partial charge < -0.3 is 11.1 Å². The van der Waals surface area contributed by atoms with Crippen LogP contribution in [0.15, 0.2) is 29.8 Å². The zero-order valence-corrected chi connectivity index (χ0v) is 11.5. The van der Waals surface area contributed by atoms with Gasteiger partial charge in [0.2, 0.25) is 0 Å². The molecule has 1 aromatic rings. The summed E-state index contributed by atoms with van der Waals surface area (Å²) in [5, 5.41) is 2.95. The van der Waals surface area contributed by atoms with Gasteiger partial charge >= 0.3 is 0 Å². The van der Waals surface area contributed by atoms with Crippen molar-refractivity contribution in [2.45, 2.75) is 39.0 Å². The molecule has 1 aliphatic carbocycles. The number of nitrogens with two attached hydrogens (primary N) is 1. The van der Waals surface area contributed by atoms with E-state index in [9.17, 15) is 4.79 Å². The first-order valence-corrected chi connectivity index (χ1v) is 6.99. The van der Waals surface area contributed by atoms with Crippen molar-refractivity contribution in [1.29, 1.82) is 0 Å². The molecule has 3 N–H and O–H groups in total. The van der Waals surface area contributed by atoms with Gasteiger partial charge in [-0.25, -0.2) is 0 Å². The molecule has 0 aliphatic heterocycles. The van der Waals surface area contributed by atoms with Crippen LogP contribution in [-0.4, -0.2) is 12.5 Å². The highest BCUT2D eigenvalue weighted by molar-refractivity contribution is 5.99. The highest BCUT2D eigenvalue weighted by Gasteiger charge is 2.10. The summed E-state index contributed by atoms with van der Waals surface area (Å²) in [6, 6.07) is 5.54. The minimum Gasteiger partial charge on any atom is -0.398 e.